The van der Waals surface area contributed by atoms with Gasteiger partial charge in [0.1, 0.15) is 4.91 Å². The van der Waals surface area contributed by atoms with E-state index < -0.39 is 21.6 Å². The first-order chi connectivity index (χ1) is 15.7. The molecule has 0 bridgehead atoms. The van der Waals surface area contributed by atoms with Gasteiger partial charge in [-0.15, -0.1) is 0 Å². The molecule has 1 aliphatic heterocycles. The SMILES string of the molecule is CCOC(=O)c1ccc(N2C=C(C(=O)c3ccc(C)cc3C)S(=O)(=O)c3ccccc32)cc1. The molecule has 7 heteroatoms. The van der Waals surface area contributed by atoms with E-state index in [1.807, 2.05) is 13.0 Å². The van der Waals surface area contributed by atoms with Crippen LogP contribution in [0.3, 0.4) is 0 Å². The number of sulfone groups is 1. The minimum atomic E-state index is -4.03. The maximum absolute atomic E-state index is 13.4. The normalized spacial score (nSPS) is 14.3. The fraction of sp³-hybridized carbons (Fsp3) is 0.154. The molecule has 3 aromatic carbocycles. The van der Waals surface area contributed by atoms with Crippen molar-refractivity contribution in [2.75, 3.05) is 11.5 Å². The van der Waals surface area contributed by atoms with Crippen molar-refractivity contribution in [3.05, 3.63) is 100 Å². The highest BCUT2D eigenvalue weighted by Crippen LogP contribution is 2.40. The molecule has 3 aromatic rings. The van der Waals surface area contributed by atoms with Crippen molar-refractivity contribution in [1.82, 2.24) is 0 Å². The molecule has 0 saturated heterocycles. The van der Waals surface area contributed by atoms with Crippen molar-refractivity contribution in [1.29, 1.82) is 0 Å². The Morgan fingerprint density at radius 1 is 0.939 bits per heavy atom. The summed E-state index contributed by atoms with van der Waals surface area (Å²) >= 11 is 0. The third-order valence-corrected chi connectivity index (χ3v) is 7.25. The van der Waals surface area contributed by atoms with Crippen molar-refractivity contribution >= 4 is 33.0 Å². The molecule has 0 saturated carbocycles. The maximum atomic E-state index is 13.4. The molecule has 0 spiro atoms. The highest BCUT2D eigenvalue weighted by molar-refractivity contribution is 7.96. The third kappa shape index (κ3) is 4.07. The molecule has 0 atom stereocenters. The quantitative estimate of drug-likeness (QED) is 0.387. The van der Waals surface area contributed by atoms with Gasteiger partial charge in [-0.05, 0) is 62.7 Å². The Hall–Kier alpha value is -3.71. The molecule has 0 radical (unpaired) electrons. The fourth-order valence-electron chi connectivity index (χ4n) is 3.83. The Balaban J connectivity index is 1.84. The maximum Gasteiger partial charge on any atom is 0.338 e. The molecule has 168 valence electrons. The van der Waals surface area contributed by atoms with E-state index >= 15 is 0 Å². The number of ether oxygens (including phenoxy) is 1. The number of ketones is 1. The molecule has 4 rings (SSSR count). The second kappa shape index (κ2) is 8.67. The highest BCUT2D eigenvalue weighted by atomic mass is 32.2. The molecular weight excluding hydrogens is 438 g/mol. The lowest BCUT2D eigenvalue weighted by molar-refractivity contribution is 0.0526. The summed E-state index contributed by atoms with van der Waals surface area (Å²) in [6.07, 6.45) is 1.36. The van der Waals surface area contributed by atoms with Gasteiger partial charge in [0.05, 0.1) is 22.8 Å². The van der Waals surface area contributed by atoms with Crippen molar-refractivity contribution in [3.63, 3.8) is 0 Å². The zero-order valence-electron chi connectivity index (χ0n) is 18.5. The topological polar surface area (TPSA) is 80.8 Å². The lowest BCUT2D eigenvalue weighted by atomic mass is 10.0. The number of carbonyl (C=O) groups excluding carboxylic acids is 2. The van der Waals surface area contributed by atoms with Gasteiger partial charge in [-0.1, -0.05) is 35.9 Å². The van der Waals surface area contributed by atoms with Crippen LogP contribution in [0.4, 0.5) is 11.4 Å². The summed E-state index contributed by atoms with van der Waals surface area (Å²) in [7, 11) is -4.03. The Labute approximate surface area is 193 Å². The summed E-state index contributed by atoms with van der Waals surface area (Å²) in [5, 5.41) is 0. The van der Waals surface area contributed by atoms with E-state index in [0.29, 0.717) is 28.1 Å². The smallest absolute Gasteiger partial charge is 0.338 e. The summed E-state index contributed by atoms with van der Waals surface area (Å²) < 4.78 is 31.9. The van der Waals surface area contributed by atoms with Crippen LogP contribution in [0.25, 0.3) is 0 Å². The summed E-state index contributed by atoms with van der Waals surface area (Å²) in [4.78, 5) is 26.8. The summed E-state index contributed by atoms with van der Waals surface area (Å²) in [6.45, 7) is 5.70. The highest BCUT2D eigenvalue weighted by Gasteiger charge is 2.36. The number of nitrogens with zero attached hydrogens (tertiary/aromatic N) is 1. The molecule has 0 N–H and O–H groups in total. The van der Waals surface area contributed by atoms with E-state index in [1.54, 1.807) is 73.3 Å². The summed E-state index contributed by atoms with van der Waals surface area (Å²) in [5.74, 6) is -0.998. The average molecular weight is 462 g/mol. The van der Waals surface area contributed by atoms with Crippen LogP contribution in [0.15, 0.2) is 82.7 Å². The van der Waals surface area contributed by atoms with Crippen molar-refractivity contribution in [2.24, 2.45) is 0 Å². The van der Waals surface area contributed by atoms with Gasteiger partial charge in [0.15, 0.2) is 0 Å². The molecule has 0 fully saturated rings. The van der Waals surface area contributed by atoms with Crippen LogP contribution < -0.4 is 4.90 Å². The van der Waals surface area contributed by atoms with E-state index in [4.69, 9.17) is 4.74 Å². The number of esters is 1. The first-order valence-electron chi connectivity index (χ1n) is 10.5. The van der Waals surface area contributed by atoms with Crippen molar-refractivity contribution < 1.29 is 22.7 Å². The Morgan fingerprint density at radius 2 is 1.64 bits per heavy atom. The largest absolute Gasteiger partial charge is 0.462 e. The first-order valence-corrected chi connectivity index (χ1v) is 12.0. The van der Waals surface area contributed by atoms with E-state index in [2.05, 4.69) is 0 Å². The number of anilines is 2. The molecule has 1 heterocycles. The summed E-state index contributed by atoms with van der Waals surface area (Å²) in [6, 6.07) is 18.4. The lowest BCUT2D eigenvalue weighted by Crippen LogP contribution is -2.26. The second-order valence-electron chi connectivity index (χ2n) is 7.75. The van der Waals surface area contributed by atoms with Crippen LogP contribution in [0, 0.1) is 13.8 Å². The zero-order chi connectivity index (χ0) is 23.8. The molecule has 0 amide bonds. The van der Waals surface area contributed by atoms with Crippen LogP contribution in [0.2, 0.25) is 0 Å². The molecular formula is C26H23NO5S. The van der Waals surface area contributed by atoms with Gasteiger partial charge in [-0.3, -0.25) is 4.79 Å². The predicted molar refractivity (Wildman–Crippen MR) is 126 cm³/mol. The minimum absolute atomic E-state index is 0.0510. The van der Waals surface area contributed by atoms with E-state index in [1.165, 1.54) is 12.3 Å². The molecule has 0 unspecified atom stereocenters. The lowest BCUT2D eigenvalue weighted by Gasteiger charge is -2.29. The van der Waals surface area contributed by atoms with Crippen LogP contribution in [0.1, 0.15) is 38.8 Å². The van der Waals surface area contributed by atoms with Crippen molar-refractivity contribution in [2.45, 2.75) is 25.7 Å². The second-order valence-corrected chi connectivity index (χ2v) is 9.64. The Bertz CT molecular complexity index is 1390. The number of hydrogen-bond acceptors (Lipinski definition) is 6. The number of Topliss-reactive ketones (excluding diaryl/α,β-unsaturated/α-hetero) is 1. The molecule has 0 aliphatic carbocycles. The predicted octanol–water partition coefficient (Wildman–Crippen LogP) is 5.13. The van der Waals surface area contributed by atoms with Gasteiger partial charge in [-0.25, -0.2) is 13.2 Å². The van der Waals surface area contributed by atoms with Gasteiger partial charge in [0, 0.05) is 17.5 Å². The standard InChI is InChI=1S/C26H23NO5S/c1-4-32-26(29)19-10-12-20(13-11-19)27-16-24(25(28)21-14-9-17(2)15-18(21)3)33(30,31)23-8-6-5-7-22(23)27/h5-16H,4H2,1-3H3. The number of carbonyl (C=O) groups is 2. The number of fused-ring (bicyclic) bond motifs is 1. The van der Waals surface area contributed by atoms with E-state index in [-0.39, 0.29) is 16.4 Å². The van der Waals surface area contributed by atoms with Gasteiger partial charge in [-0.2, -0.15) is 0 Å². The minimum Gasteiger partial charge on any atom is -0.462 e. The number of rotatable bonds is 5. The number of allylic oxidation sites excluding steroid dienone is 1. The average Bonchev–Trinajstić information content (AvgIpc) is 2.79. The van der Waals surface area contributed by atoms with Gasteiger partial charge < -0.3 is 9.64 Å². The molecule has 1 aliphatic rings. The molecule has 6 nitrogen and oxygen atoms in total. The van der Waals surface area contributed by atoms with Crippen molar-refractivity contribution in [3.8, 4) is 0 Å². The first kappa shape index (κ1) is 22.5. The number of aryl methyl sites for hydroxylation is 2. The van der Waals surface area contributed by atoms with Gasteiger partial charge >= 0.3 is 5.97 Å². The van der Waals surface area contributed by atoms with Gasteiger partial charge in [0.2, 0.25) is 15.6 Å². The van der Waals surface area contributed by atoms with Crippen LogP contribution in [-0.2, 0) is 14.6 Å². The molecule has 33 heavy (non-hydrogen) atoms. The number of hydrogen-bond donors (Lipinski definition) is 0. The van der Waals surface area contributed by atoms with Crippen LogP contribution in [0.5, 0.6) is 0 Å². The number of benzene rings is 3. The fourth-order valence-corrected chi connectivity index (χ4v) is 5.36. The van der Waals surface area contributed by atoms with Gasteiger partial charge in [0.25, 0.3) is 0 Å². The number of para-hydroxylation sites is 1. The Morgan fingerprint density at radius 3 is 2.30 bits per heavy atom. The zero-order valence-corrected chi connectivity index (χ0v) is 19.3. The Kier molecular flexibility index (Phi) is 5.91. The van der Waals surface area contributed by atoms with E-state index in [9.17, 15) is 18.0 Å². The van der Waals surface area contributed by atoms with Crippen LogP contribution in [-0.4, -0.2) is 26.8 Å². The summed E-state index contributed by atoms with van der Waals surface area (Å²) in [5.41, 5.74) is 3.45. The van der Waals surface area contributed by atoms with E-state index in [0.717, 1.165) is 5.56 Å². The van der Waals surface area contributed by atoms with Crippen LogP contribution >= 0.6 is 0 Å². The molecule has 0 aromatic heterocycles. The monoisotopic (exact) mass is 461 g/mol. The third-order valence-electron chi connectivity index (χ3n) is 5.46.